The highest BCUT2D eigenvalue weighted by atomic mass is 16.5. The predicted molar refractivity (Wildman–Crippen MR) is 76.8 cm³/mol. The molecule has 2 rings (SSSR count). The first kappa shape index (κ1) is 15.0. The summed E-state index contributed by atoms with van der Waals surface area (Å²) in [6, 6.07) is 2.03. The third-order valence-corrected chi connectivity index (χ3v) is 3.52. The summed E-state index contributed by atoms with van der Waals surface area (Å²) in [6.07, 6.45) is 1.89. The Morgan fingerprint density at radius 3 is 2.90 bits per heavy atom. The van der Waals surface area contributed by atoms with E-state index >= 15 is 0 Å². The summed E-state index contributed by atoms with van der Waals surface area (Å²) in [5.74, 6) is -0.130. The second-order valence-corrected chi connectivity index (χ2v) is 5.57. The number of ether oxygens (including phenoxy) is 1. The second kappa shape index (κ2) is 6.37. The van der Waals surface area contributed by atoms with Gasteiger partial charge in [-0.15, -0.1) is 0 Å². The number of nitrogens with one attached hydrogen (secondary N) is 1. The third kappa shape index (κ3) is 3.37. The SMILES string of the molecule is CCO[C@H]1CN(C)C[C@@H]1NC(=O)c1ccn(C(C)C)n1. The molecule has 1 aliphatic rings. The maximum atomic E-state index is 12.2. The number of hydrogen-bond acceptors (Lipinski definition) is 4. The zero-order chi connectivity index (χ0) is 14.7. The van der Waals surface area contributed by atoms with Crippen molar-refractivity contribution in [2.24, 2.45) is 0 Å². The first-order valence-corrected chi connectivity index (χ1v) is 7.17. The van der Waals surface area contributed by atoms with E-state index in [0.29, 0.717) is 12.3 Å². The van der Waals surface area contributed by atoms with Gasteiger partial charge in [-0.25, -0.2) is 0 Å². The average Bonchev–Trinajstić information content (AvgIpc) is 2.97. The van der Waals surface area contributed by atoms with Gasteiger partial charge in [-0.2, -0.15) is 5.10 Å². The van der Waals surface area contributed by atoms with Gasteiger partial charge in [-0.1, -0.05) is 0 Å². The van der Waals surface area contributed by atoms with Crippen LogP contribution in [0.5, 0.6) is 0 Å². The van der Waals surface area contributed by atoms with Gasteiger partial charge in [0, 0.05) is 31.9 Å². The third-order valence-electron chi connectivity index (χ3n) is 3.52. The minimum Gasteiger partial charge on any atom is -0.375 e. The Labute approximate surface area is 120 Å². The molecule has 0 spiro atoms. The van der Waals surface area contributed by atoms with Crippen LogP contribution in [0.3, 0.4) is 0 Å². The molecule has 1 N–H and O–H groups in total. The van der Waals surface area contributed by atoms with Crippen molar-refractivity contribution in [2.45, 2.75) is 39.0 Å². The molecule has 0 radical (unpaired) electrons. The summed E-state index contributed by atoms with van der Waals surface area (Å²) in [6.45, 7) is 8.35. The smallest absolute Gasteiger partial charge is 0.272 e. The normalized spacial score (nSPS) is 23.4. The molecule has 0 aliphatic carbocycles. The quantitative estimate of drug-likeness (QED) is 0.871. The van der Waals surface area contributed by atoms with Crippen LogP contribution in [0.1, 0.15) is 37.3 Å². The van der Waals surface area contributed by atoms with Crippen molar-refractivity contribution in [3.8, 4) is 0 Å². The number of hydrogen-bond donors (Lipinski definition) is 1. The van der Waals surface area contributed by atoms with Crippen molar-refractivity contribution in [1.29, 1.82) is 0 Å². The molecule has 0 unspecified atom stereocenters. The molecule has 1 aliphatic heterocycles. The van der Waals surface area contributed by atoms with Crippen LogP contribution in [0.25, 0.3) is 0 Å². The lowest BCUT2D eigenvalue weighted by atomic mass is 10.2. The van der Waals surface area contributed by atoms with Crippen molar-refractivity contribution in [3.05, 3.63) is 18.0 Å². The monoisotopic (exact) mass is 280 g/mol. The summed E-state index contributed by atoms with van der Waals surface area (Å²) in [7, 11) is 2.03. The summed E-state index contributed by atoms with van der Waals surface area (Å²) in [5.41, 5.74) is 0.462. The molecule has 1 fully saturated rings. The molecule has 1 aromatic rings. The molecule has 6 nitrogen and oxygen atoms in total. The maximum absolute atomic E-state index is 12.2. The molecular weight excluding hydrogens is 256 g/mol. The Morgan fingerprint density at radius 2 is 2.30 bits per heavy atom. The van der Waals surface area contributed by atoms with Gasteiger partial charge < -0.3 is 15.0 Å². The van der Waals surface area contributed by atoms with Gasteiger partial charge >= 0.3 is 0 Å². The Morgan fingerprint density at radius 1 is 1.55 bits per heavy atom. The zero-order valence-electron chi connectivity index (χ0n) is 12.7. The molecule has 0 saturated carbocycles. The molecule has 6 heteroatoms. The van der Waals surface area contributed by atoms with Crippen LogP contribution < -0.4 is 5.32 Å². The van der Waals surface area contributed by atoms with E-state index in [1.807, 2.05) is 34.0 Å². The molecule has 1 saturated heterocycles. The van der Waals surface area contributed by atoms with E-state index in [1.165, 1.54) is 0 Å². The molecule has 2 atom stereocenters. The van der Waals surface area contributed by atoms with E-state index in [-0.39, 0.29) is 24.1 Å². The van der Waals surface area contributed by atoms with Gasteiger partial charge in [0.25, 0.3) is 5.91 Å². The fraction of sp³-hybridized carbons (Fsp3) is 0.714. The molecule has 0 aromatic carbocycles. The minimum atomic E-state index is -0.130. The van der Waals surface area contributed by atoms with Crippen molar-refractivity contribution in [1.82, 2.24) is 20.0 Å². The fourth-order valence-electron chi connectivity index (χ4n) is 2.47. The van der Waals surface area contributed by atoms with Gasteiger partial charge in [-0.3, -0.25) is 9.48 Å². The van der Waals surface area contributed by atoms with Gasteiger partial charge in [0.05, 0.1) is 12.1 Å². The number of carbonyl (C=O) groups excluding carboxylic acids is 1. The standard InChI is InChI=1S/C14H24N4O2/c1-5-20-13-9-17(4)8-12(13)15-14(19)11-6-7-18(16-11)10(2)3/h6-7,10,12-13H,5,8-9H2,1-4H3,(H,15,19)/t12-,13-/m0/s1. The van der Waals surface area contributed by atoms with Crippen molar-refractivity contribution < 1.29 is 9.53 Å². The highest BCUT2D eigenvalue weighted by Gasteiger charge is 2.32. The summed E-state index contributed by atoms with van der Waals surface area (Å²) in [5, 5.41) is 7.32. The van der Waals surface area contributed by atoms with Crippen LogP contribution in [-0.4, -0.2) is 59.5 Å². The van der Waals surface area contributed by atoms with Crippen LogP contribution in [0, 0.1) is 0 Å². The van der Waals surface area contributed by atoms with Crippen LogP contribution in [0.2, 0.25) is 0 Å². The van der Waals surface area contributed by atoms with E-state index in [4.69, 9.17) is 4.74 Å². The van der Waals surface area contributed by atoms with E-state index in [1.54, 1.807) is 10.7 Å². The summed E-state index contributed by atoms with van der Waals surface area (Å²) in [4.78, 5) is 14.4. The Hall–Kier alpha value is -1.40. The number of amides is 1. The Balaban J connectivity index is 1.99. The molecule has 1 amide bonds. The lowest BCUT2D eigenvalue weighted by Gasteiger charge is -2.19. The van der Waals surface area contributed by atoms with Crippen LogP contribution in [0.4, 0.5) is 0 Å². The zero-order valence-corrected chi connectivity index (χ0v) is 12.7. The van der Waals surface area contributed by atoms with Crippen LogP contribution >= 0.6 is 0 Å². The average molecular weight is 280 g/mol. The molecule has 20 heavy (non-hydrogen) atoms. The lowest BCUT2D eigenvalue weighted by Crippen LogP contribution is -2.44. The predicted octanol–water partition coefficient (Wildman–Crippen LogP) is 0.913. The molecule has 112 valence electrons. The number of nitrogens with zero attached hydrogens (tertiary/aromatic N) is 3. The van der Waals surface area contributed by atoms with E-state index in [9.17, 15) is 4.79 Å². The Bertz CT molecular complexity index is 458. The number of aromatic nitrogens is 2. The number of carbonyl (C=O) groups is 1. The van der Waals surface area contributed by atoms with Crippen molar-refractivity contribution in [3.63, 3.8) is 0 Å². The minimum absolute atomic E-state index is 0.0247. The maximum Gasteiger partial charge on any atom is 0.272 e. The highest BCUT2D eigenvalue weighted by Crippen LogP contribution is 2.13. The summed E-state index contributed by atoms with van der Waals surface area (Å²) < 4.78 is 7.47. The van der Waals surface area contributed by atoms with Crippen LogP contribution in [0.15, 0.2) is 12.3 Å². The van der Waals surface area contributed by atoms with Gasteiger partial charge in [0.15, 0.2) is 0 Å². The molecule has 0 bridgehead atoms. The van der Waals surface area contributed by atoms with Gasteiger partial charge in [0.2, 0.25) is 0 Å². The van der Waals surface area contributed by atoms with E-state index in [0.717, 1.165) is 13.1 Å². The van der Waals surface area contributed by atoms with Crippen molar-refractivity contribution in [2.75, 3.05) is 26.7 Å². The second-order valence-electron chi connectivity index (χ2n) is 5.57. The Kier molecular flexibility index (Phi) is 4.77. The molecule has 2 heterocycles. The van der Waals surface area contributed by atoms with E-state index in [2.05, 4.69) is 15.3 Å². The van der Waals surface area contributed by atoms with Crippen molar-refractivity contribution >= 4 is 5.91 Å². The number of rotatable bonds is 5. The first-order chi connectivity index (χ1) is 9.51. The highest BCUT2D eigenvalue weighted by molar-refractivity contribution is 5.92. The fourth-order valence-corrected chi connectivity index (χ4v) is 2.47. The molecule has 1 aromatic heterocycles. The number of likely N-dealkylation sites (N-methyl/N-ethyl adjacent to an activating group) is 1. The largest absolute Gasteiger partial charge is 0.375 e. The first-order valence-electron chi connectivity index (χ1n) is 7.17. The lowest BCUT2D eigenvalue weighted by molar-refractivity contribution is 0.0512. The van der Waals surface area contributed by atoms with Gasteiger partial charge in [-0.05, 0) is 33.9 Å². The summed E-state index contributed by atoms with van der Waals surface area (Å²) >= 11 is 0. The van der Waals surface area contributed by atoms with Crippen LogP contribution in [-0.2, 0) is 4.74 Å². The van der Waals surface area contributed by atoms with E-state index < -0.39 is 0 Å². The van der Waals surface area contributed by atoms with Gasteiger partial charge in [0.1, 0.15) is 5.69 Å². The topological polar surface area (TPSA) is 59.4 Å². The molecular formula is C14H24N4O2. The number of likely N-dealkylation sites (tertiary alicyclic amines) is 1.